The van der Waals surface area contributed by atoms with E-state index in [4.69, 9.17) is 25.8 Å². The number of ether oxygens (including phenoxy) is 3. The maximum Gasteiger partial charge on any atom is 0.344 e. The van der Waals surface area contributed by atoms with Gasteiger partial charge in [-0.05, 0) is 92.1 Å². The van der Waals surface area contributed by atoms with E-state index in [1.165, 1.54) is 12.1 Å². The van der Waals surface area contributed by atoms with Crippen LogP contribution in [0.25, 0.3) is 10.2 Å². The lowest BCUT2D eigenvalue weighted by molar-refractivity contribution is -0.145. The number of fused-ring (bicyclic) bond motifs is 1. The lowest BCUT2D eigenvalue weighted by atomic mass is 10.1. The van der Waals surface area contributed by atoms with Crippen molar-refractivity contribution in [2.45, 2.75) is 31.3 Å². The number of nitrogens with zero attached hydrogens (tertiary/aromatic N) is 1. The molecule has 0 radical (unpaired) electrons. The lowest BCUT2D eigenvalue weighted by Gasteiger charge is -2.15. The zero-order chi connectivity index (χ0) is 32.5. The summed E-state index contributed by atoms with van der Waals surface area (Å²) in [5.74, 6) is -0.270. The van der Waals surface area contributed by atoms with E-state index < -0.39 is 21.7 Å². The van der Waals surface area contributed by atoms with E-state index in [0.29, 0.717) is 34.9 Å². The molecule has 5 aromatic rings. The van der Waals surface area contributed by atoms with Gasteiger partial charge in [-0.25, -0.2) is 18.2 Å². The van der Waals surface area contributed by atoms with E-state index in [0.717, 1.165) is 20.8 Å². The maximum atomic E-state index is 13.4. The Morgan fingerprint density at radius 1 is 0.935 bits per heavy atom. The fraction of sp³-hybridized carbons (Fsp3) is 0.206. The molecule has 1 amide bonds. The Morgan fingerprint density at radius 3 is 2.52 bits per heavy atom. The Balaban J connectivity index is 1.27. The van der Waals surface area contributed by atoms with Crippen molar-refractivity contribution in [3.63, 3.8) is 0 Å². The summed E-state index contributed by atoms with van der Waals surface area (Å²) in [5.41, 5.74) is 2.36. The minimum absolute atomic E-state index is 0.0682. The number of rotatable bonds is 14. The summed E-state index contributed by atoms with van der Waals surface area (Å²) in [6.45, 7) is 1.82. The summed E-state index contributed by atoms with van der Waals surface area (Å²) in [6.07, 6.45) is 0.762. The normalized spacial score (nSPS) is 11.3. The van der Waals surface area contributed by atoms with Gasteiger partial charge in [0.2, 0.25) is 0 Å². The van der Waals surface area contributed by atoms with Crippen LogP contribution in [0.15, 0.2) is 95.9 Å². The van der Waals surface area contributed by atoms with Gasteiger partial charge in [0.05, 0.1) is 33.2 Å². The van der Waals surface area contributed by atoms with Crippen molar-refractivity contribution in [1.29, 1.82) is 0 Å². The van der Waals surface area contributed by atoms with Crippen molar-refractivity contribution in [3.8, 4) is 11.5 Å². The molecular weight excluding hydrogens is 648 g/mol. The third kappa shape index (κ3) is 8.84. The predicted octanol–water partition coefficient (Wildman–Crippen LogP) is 7.13. The number of benzene rings is 4. The Bertz CT molecular complexity index is 1910. The van der Waals surface area contributed by atoms with Gasteiger partial charge in [0, 0.05) is 10.6 Å². The summed E-state index contributed by atoms with van der Waals surface area (Å²) in [7, 11) is -3.50. The van der Waals surface area contributed by atoms with Crippen LogP contribution in [0.1, 0.15) is 34.3 Å². The van der Waals surface area contributed by atoms with Crippen LogP contribution in [-0.2, 0) is 32.4 Å². The Morgan fingerprint density at radius 2 is 1.74 bits per heavy atom. The molecule has 0 atom stereocenters. The fourth-order valence-electron chi connectivity index (χ4n) is 4.57. The van der Waals surface area contributed by atoms with Gasteiger partial charge in [-0.2, -0.15) is 0 Å². The number of anilines is 1. The van der Waals surface area contributed by atoms with Crippen molar-refractivity contribution >= 4 is 60.6 Å². The largest absolute Gasteiger partial charge is 0.486 e. The molecule has 0 aliphatic heterocycles. The van der Waals surface area contributed by atoms with E-state index in [1.54, 1.807) is 72.9 Å². The van der Waals surface area contributed by atoms with Crippen LogP contribution in [0.3, 0.4) is 0 Å². The molecule has 0 spiro atoms. The zero-order valence-electron chi connectivity index (χ0n) is 24.9. The summed E-state index contributed by atoms with van der Waals surface area (Å²) < 4.78 is 43.2. The van der Waals surface area contributed by atoms with Gasteiger partial charge < -0.3 is 19.5 Å². The summed E-state index contributed by atoms with van der Waals surface area (Å²) in [6, 6.07) is 25.8. The van der Waals surface area contributed by atoms with Crippen LogP contribution in [0.4, 0.5) is 5.69 Å². The first-order valence-electron chi connectivity index (χ1n) is 14.5. The van der Waals surface area contributed by atoms with E-state index in [1.807, 2.05) is 24.3 Å². The molecule has 0 saturated carbocycles. The van der Waals surface area contributed by atoms with Crippen LogP contribution in [0, 0.1) is 0 Å². The Labute approximate surface area is 276 Å². The molecule has 0 saturated heterocycles. The molecule has 0 fully saturated rings. The van der Waals surface area contributed by atoms with Crippen molar-refractivity contribution in [1.82, 2.24) is 4.98 Å². The average molecular weight is 679 g/mol. The van der Waals surface area contributed by atoms with Gasteiger partial charge >= 0.3 is 5.97 Å². The van der Waals surface area contributed by atoms with E-state index in [-0.39, 0.29) is 36.2 Å². The fourth-order valence-corrected chi connectivity index (χ4v) is 6.89. The van der Waals surface area contributed by atoms with Crippen LogP contribution in [0.5, 0.6) is 11.5 Å². The van der Waals surface area contributed by atoms with Gasteiger partial charge in [0.1, 0.15) is 23.1 Å². The third-order valence-corrected chi connectivity index (χ3v) is 9.87. The van der Waals surface area contributed by atoms with Gasteiger partial charge in [0.25, 0.3) is 5.91 Å². The first-order chi connectivity index (χ1) is 22.2. The number of hydrogen-bond acceptors (Lipinski definition) is 9. The smallest absolute Gasteiger partial charge is 0.344 e. The van der Waals surface area contributed by atoms with Gasteiger partial charge in [0.15, 0.2) is 16.4 Å². The van der Waals surface area contributed by atoms with Gasteiger partial charge in [-0.3, -0.25) is 4.79 Å². The number of halogens is 1. The number of thiazole rings is 1. The number of para-hydroxylation sites is 1. The van der Waals surface area contributed by atoms with Crippen molar-refractivity contribution in [2.75, 3.05) is 24.3 Å². The highest BCUT2D eigenvalue weighted by Crippen LogP contribution is 2.29. The highest BCUT2D eigenvalue weighted by Gasteiger charge is 2.17. The number of carbonyl (C=O) groups excluding carboxylic acids is 2. The first-order valence-corrected chi connectivity index (χ1v) is 17.3. The number of carbonyl (C=O) groups is 2. The SMILES string of the molecule is CCOC(=O)COc1ccc(CCCS(=O)(=O)c2ccc(Cl)cc2)cc1NC(=O)c1cccc(OCc2nc3ccccc3s2)c1. The number of aromatic nitrogens is 1. The molecule has 12 heteroatoms. The molecule has 238 valence electrons. The second-order valence-corrected chi connectivity index (χ2v) is 13.8. The third-order valence-electron chi connectivity index (χ3n) is 6.79. The van der Waals surface area contributed by atoms with Crippen LogP contribution in [-0.4, -0.2) is 44.2 Å². The zero-order valence-corrected chi connectivity index (χ0v) is 27.3. The number of hydrogen-bond donors (Lipinski definition) is 1. The standard InChI is InChI=1S/C34H31ClN2O7S2/c1-2-42-33(38)22-44-30-17-12-23(7-6-18-46(40,41)27-15-13-25(35)14-16-27)19-29(30)37-34(39)24-8-5-9-26(20-24)43-21-32-36-28-10-3-4-11-31(28)45-32/h3-5,8-17,19-20H,2,6-7,18,21-22H2,1H3,(H,37,39). The molecule has 4 aromatic carbocycles. The van der Waals surface area contributed by atoms with Crippen LogP contribution < -0.4 is 14.8 Å². The van der Waals surface area contributed by atoms with Crippen LogP contribution in [0.2, 0.25) is 5.02 Å². The van der Waals surface area contributed by atoms with Gasteiger partial charge in [-0.15, -0.1) is 11.3 Å². The van der Waals surface area contributed by atoms with Crippen LogP contribution >= 0.6 is 22.9 Å². The molecule has 46 heavy (non-hydrogen) atoms. The maximum absolute atomic E-state index is 13.4. The van der Waals surface area contributed by atoms with E-state index in [9.17, 15) is 18.0 Å². The number of esters is 1. The van der Waals surface area contributed by atoms with Crippen molar-refractivity contribution < 1.29 is 32.2 Å². The van der Waals surface area contributed by atoms with Gasteiger partial charge in [-0.1, -0.05) is 35.9 Å². The minimum Gasteiger partial charge on any atom is -0.486 e. The number of amides is 1. The van der Waals surface area contributed by atoms with E-state index >= 15 is 0 Å². The monoisotopic (exact) mass is 678 g/mol. The van der Waals surface area contributed by atoms with E-state index in [2.05, 4.69) is 10.3 Å². The Hall–Kier alpha value is -4.45. The first kappa shape index (κ1) is 32.9. The molecule has 5 rings (SSSR count). The summed E-state index contributed by atoms with van der Waals surface area (Å²) >= 11 is 7.44. The Kier molecular flexibility index (Phi) is 10.9. The lowest BCUT2D eigenvalue weighted by Crippen LogP contribution is -2.17. The molecule has 1 N–H and O–H groups in total. The molecule has 0 aliphatic carbocycles. The second kappa shape index (κ2) is 15.2. The quantitative estimate of drug-likeness (QED) is 0.123. The molecule has 0 unspecified atom stereocenters. The highest BCUT2D eigenvalue weighted by atomic mass is 35.5. The molecule has 1 aromatic heterocycles. The number of aryl methyl sites for hydroxylation is 1. The molecular formula is C34H31ClN2O7S2. The van der Waals surface area contributed by atoms with Crippen molar-refractivity contribution in [3.05, 3.63) is 112 Å². The number of nitrogens with one attached hydrogen (secondary N) is 1. The highest BCUT2D eigenvalue weighted by molar-refractivity contribution is 7.91. The predicted molar refractivity (Wildman–Crippen MR) is 179 cm³/mol. The van der Waals surface area contributed by atoms with Crippen molar-refractivity contribution in [2.24, 2.45) is 0 Å². The topological polar surface area (TPSA) is 121 Å². The number of sulfone groups is 1. The molecule has 1 heterocycles. The molecule has 0 bridgehead atoms. The minimum atomic E-state index is -3.50. The summed E-state index contributed by atoms with van der Waals surface area (Å²) in [5, 5.41) is 4.14. The second-order valence-electron chi connectivity index (χ2n) is 10.1. The summed E-state index contributed by atoms with van der Waals surface area (Å²) in [4.78, 5) is 30.1. The molecule has 0 aliphatic rings. The molecule has 9 nitrogen and oxygen atoms in total. The average Bonchev–Trinajstić information content (AvgIpc) is 3.47.